The fourth-order valence-corrected chi connectivity index (χ4v) is 5.32. The minimum atomic E-state index is -0.295. The summed E-state index contributed by atoms with van der Waals surface area (Å²) in [5.74, 6) is 0.266. The molecule has 5 rings (SSSR count). The van der Waals surface area contributed by atoms with Gasteiger partial charge in [0.2, 0.25) is 0 Å². The van der Waals surface area contributed by atoms with Gasteiger partial charge in [0.15, 0.2) is 0 Å². The Morgan fingerprint density at radius 3 is 2.53 bits per heavy atom. The Hall–Kier alpha value is -3.58. The first-order valence-corrected chi connectivity index (χ1v) is 12.6. The highest BCUT2D eigenvalue weighted by Gasteiger charge is 2.33. The van der Waals surface area contributed by atoms with E-state index in [1.165, 1.54) is 17.7 Å². The van der Waals surface area contributed by atoms with Crippen molar-refractivity contribution in [2.24, 2.45) is 0 Å². The molecular weight excluding hydrogens is 455 g/mol. The Kier molecular flexibility index (Phi) is 7.09. The lowest BCUT2D eigenvalue weighted by Crippen LogP contribution is -2.55. The maximum atomic E-state index is 13.6. The van der Waals surface area contributed by atoms with Gasteiger partial charge in [0.05, 0.1) is 18.8 Å². The molecule has 0 aromatic heterocycles. The maximum absolute atomic E-state index is 13.6. The SMILES string of the molecule is COc1cc(F)ccc1N1CCN(CC2CCc3ccccc3N2C(=O)Nc2ccccc2C)CC1. The molecule has 1 N–H and O–H groups in total. The van der Waals surface area contributed by atoms with Gasteiger partial charge in [0.1, 0.15) is 11.6 Å². The first kappa shape index (κ1) is 24.1. The molecule has 2 aliphatic heterocycles. The van der Waals surface area contributed by atoms with E-state index in [-0.39, 0.29) is 17.9 Å². The van der Waals surface area contributed by atoms with E-state index in [9.17, 15) is 9.18 Å². The molecule has 188 valence electrons. The number of rotatable bonds is 5. The molecule has 3 aromatic rings. The molecule has 1 unspecified atom stereocenters. The van der Waals surface area contributed by atoms with Gasteiger partial charge in [0, 0.05) is 50.2 Å². The third-order valence-corrected chi connectivity index (χ3v) is 7.29. The number of benzene rings is 3. The van der Waals surface area contributed by atoms with Gasteiger partial charge in [-0.2, -0.15) is 0 Å². The molecular formula is C29H33FN4O2. The molecule has 2 aliphatic rings. The molecule has 0 saturated carbocycles. The molecule has 0 bridgehead atoms. The van der Waals surface area contributed by atoms with Crippen LogP contribution in [0.25, 0.3) is 0 Å². The van der Waals surface area contributed by atoms with Crippen LogP contribution in [0.3, 0.4) is 0 Å². The van der Waals surface area contributed by atoms with E-state index in [0.717, 1.165) is 68.2 Å². The number of amides is 2. The number of piperazine rings is 1. The van der Waals surface area contributed by atoms with Crippen LogP contribution in [-0.2, 0) is 6.42 Å². The average Bonchev–Trinajstić information content (AvgIpc) is 2.90. The van der Waals surface area contributed by atoms with Crippen molar-refractivity contribution in [1.29, 1.82) is 0 Å². The van der Waals surface area contributed by atoms with Crippen molar-refractivity contribution in [2.75, 3.05) is 55.0 Å². The Bertz CT molecular complexity index is 1230. The highest BCUT2D eigenvalue weighted by molar-refractivity contribution is 6.03. The van der Waals surface area contributed by atoms with Crippen LogP contribution in [0.2, 0.25) is 0 Å². The van der Waals surface area contributed by atoms with Crippen LogP contribution in [0.15, 0.2) is 66.7 Å². The highest BCUT2D eigenvalue weighted by atomic mass is 19.1. The molecule has 0 radical (unpaired) electrons. The summed E-state index contributed by atoms with van der Waals surface area (Å²) < 4.78 is 19.1. The number of aryl methyl sites for hydroxylation is 2. The number of halogens is 1. The number of fused-ring (bicyclic) bond motifs is 1. The third kappa shape index (κ3) is 5.02. The molecule has 1 fully saturated rings. The molecule has 2 amide bonds. The van der Waals surface area contributed by atoms with Gasteiger partial charge < -0.3 is 15.0 Å². The van der Waals surface area contributed by atoms with E-state index in [0.29, 0.717) is 5.75 Å². The van der Waals surface area contributed by atoms with Crippen LogP contribution in [0, 0.1) is 12.7 Å². The fraction of sp³-hybridized carbons (Fsp3) is 0.345. The summed E-state index contributed by atoms with van der Waals surface area (Å²) in [5.41, 5.74) is 5.01. The number of hydrogen-bond acceptors (Lipinski definition) is 4. The van der Waals surface area contributed by atoms with Crippen molar-refractivity contribution in [1.82, 2.24) is 4.90 Å². The molecule has 0 aliphatic carbocycles. The number of hydrogen-bond donors (Lipinski definition) is 1. The van der Waals surface area contributed by atoms with Gasteiger partial charge in [-0.25, -0.2) is 9.18 Å². The number of para-hydroxylation sites is 2. The van der Waals surface area contributed by atoms with Crippen molar-refractivity contribution < 1.29 is 13.9 Å². The van der Waals surface area contributed by atoms with Crippen LogP contribution in [0.1, 0.15) is 17.5 Å². The molecule has 7 heteroatoms. The zero-order valence-corrected chi connectivity index (χ0v) is 20.9. The summed E-state index contributed by atoms with van der Waals surface area (Å²) in [6.07, 6.45) is 1.88. The van der Waals surface area contributed by atoms with Gasteiger partial charge in [-0.3, -0.25) is 9.80 Å². The number of carbonyl (C=O) groups excluding carboxylic acids is 1. The number of ether oxygens (including phenoxy) is 1. The molecule has 6 nitrogen and oxygen atoms in total. The summed E-state index contributed by atoms with van der Waals surface area (Å²) in [7, 11) is 1.58. The summed E-state index contributed by atoms with van der Waals surface area (Å²) in [6.45, 7) is 6.19. The van der Waals surface area contributed by atoms with E-state index in [4.69, 9.17) is 4.74 Å². The quantitative estimate of drug-likeness (QED) is 0.528. The molecule has 2 heterocycles. The fourth-order valence-electron chi connectivity index (χ4n) is 5.32. The van der Waals surface area contributed by atoms with Crippen molar-refractivity contribution >= 4 is 23.1 Å². The number of anilines is 3. The van der Waals surface area contributed by atoms with Crippen LogP contribution < -0.4 is 19.9 Å². The minimum absolute atomic E-state index is 0.0795. The lowest BCUT2D eigenvalue weighted by molar-refractivity contribution is 0.225. The van der Waals surface area contributed by atoms with Crippen molar-refractivity contribution in [2.45, 2.75) is 25.8 Å². The molecule has 0 spiro atoms. The zero-order valence-electron chi connectivity index (χ0n) is 20.9. The number of nitrogens with one attached hydrogen (secondary N) is 1. The van der Waals surface area contributed by atoms with Gasteiger partial charge in [-0.15, -0.1) is 0 Å². The topological polar surface area (TPSA) is 48.1 Å². The lowest BCUT2D eigenvalue weighted by Gasteiger charge is -2.42. The smallest absolute Gasteiger partial charge is 0.326 e. The minimum Gasteiger partial charge on any atom is -0.494 e. The van der Waals surface area contributed by atoms with Crippen molar-refractivity contribution in [3.63, 3.8) is 0 Å². The van der Waals surface area contributed by atoms with Crippen molar-refractivity contribution in [3.05, 3.63) is 83.7 Å². The van der Waals surface area contributed by atoms with Gasteiger partial charge >= 0.3 is 6.03 Å². The van der Waals surface area contributed by atoms with E-state index in [1.54, 1.807) is 13.2 Å². The monoisotopic (exact) mass is 488 g/mol. The number of methoxy groups -OCH3 is 1. The van der Waals surface area contributed by atoms with E-state index >= 15 is 0 Å². The second kappa shape index (κ2) is 10.6. The summed E-state index contributed by atoms with van der Waals surface area (Å²) in [6, 6.07) is 20.8. The van der Waals surface area contributed by atoms with Crippen molar-refractivity contribution in [3.8, 4) is 5.75 Å². The van der Waals surface area contributed by atoms with E-state index in [2.05, 4.69) is 27.2 Å². The normalized spacial score (nSPS) is 18.0. The van der Waals surface area contributed by atoms with E-state index < -0.39 is 0 Å². The number of carbonyl (C=O) groups is 1. The summed E-state index contributed by atoms with van der Waals surface area (Å²) in [4.78, 5) is 20.2. The molecule has 1 atom stereocenters. The van der Waals surface area contributed by atoms with Gasteiger partial charge in [-0.1, -0.05) is 36.4 Å². The molecule has 3 aromatic carbocycles. The Labute approximate surface area is 212 Å². The Balaban J connectivity index is 1.30. The van der Waals surface area contributed by atoms with Crippen LogP contribution in [0.5, 0.6) is 5.75 Å². The average molecular weight is 489 g/mol. The maximum Gasteiger partial charge on any atom is 0.326 e. The van der Waals surface area contributed by atoms with Gasteiger partial charge in [-0.05, 0) is 55.2 Å². The van der Waals surface area contributed by atoms with Gasteiger partial charge in [0.25, 0.3) is 0 Å². The van der Waals surface area contributed by atoms with Crippen LogP contribution >= 0.6 is 0 Å². The van der Waals surface area contributed by atoms with E-state index in [1.807, 2.05) is 48.2 Å². The second-order valence-corrected chi connectivity index (χ2v) is 9.54. The van der Waals surface area contributed by atoms with Crippen LogP contribution in [0.4, 0.5) is 26.2 Å². The first-order chi connectivity index (χ1) is 17.5. The first-order valence-electron chi connectivity index (χ1n) is 12.6. The number of urea groups is 1. The highest BCUT2D eigenvalue weighted by Crippen LogP contribution is 2.33. The second-order valence-electron chi connectivity index (χ2n) is 9.54. The predicted molar refractivity (Wildman–Crippen MR) is 143 cm³/mol. The third-order valence-electron chi connectivity index (χ3n) is 7.29. The summed E-state index contributed by atoms with van der Waals surface area (Å²) in [5, 5.41) is 3.15. The lowest BCUT2D eigenvalue weighted by atomic mass is 9.95. The standard InChI is InChI=1S/C29H33FN4O2/c1-21-7-3-5-9-25(21)31-29(35)34-24(13-11-22-8-4-6-10-26(22)34)20-32-15-17-33(18-16-32)27-14-12-23(30)19-28(27)36-2/h3-10,12,14,19,24H,11,13,15-18,20H2,1-2H3,(H,31,35). The number of nitrogens with zero attached hydrogens (tertiary/aromatic N) is 3. The molecule has 36 heavy (non-hydrogen) atoms. The Morgan fingerprint density at radius 1 is 1.00 bits per heavy atom. The predicted octanol–water partition coefficient (Wildman–Crippen LogP) is 5.32. The Morgan fingerprint density at radius 2 is 1.75 bits per heavy atom. The molecule has 1 saturated heterocycles. The largest absolute Gasteiger partial charge is 0.494 e. The van der Waals surface area contributed by atoms with Crippen LogP contribution in [-0.4, -0.2) is 56.8 Å². The summed E-state index contributed by atoms with van der Waals surface area (Å²) >= 11 is 0. The zero-order chi connectivity index (χ0) is 25.1.